The maximum Gasteiger partial charge on any atom is 0.155 e. The van der Waals surface area contributed by atoms with E-state index in [1.54, 1.807) is 0 Å². The third-order valence-electron chi connectivity index (χ3n) is 2.99. The molecule has 0 saturated carbocycles. The number of ether oxygens (including phenoxy) is 2. The van der Waals surface area contributed by atoms with Crippen LogP contribution in [0.5, 0.6) is 0 Å². The molecule has 100 valence electrons. The summed E-state index contributed by atoms with van der Waals surface area (Å²) >= 11 is 5.92. The third kappa shape index (κ3) is 3.61. The summed E-state index contributed by atoms with van der Waals surface area (Å²) in [5, 5.41) is 0.757. The molecule has 18 heavy (non-hydrogen) atoms. The molecule has 0 bridgehead atoms. The average molecular weight is 270 g/mol. The van der Waals surface area contributed by atoms with Crippen molar-refractivity contribution >= 4 is 17.3 Å². The van der Waals surface area contributed by atoms with E-state index >= 15 is 0 Å². The molecule has 0 aliphatic carbocycles. The lowest BCUT2D eigenvalue weighted by molar-refractivity contribution is -0.180. The van der Waals surface area contributed by atoms with Crippen LogP contribution >= 0.6 is 11.6 Å². The van der Waals surface area contributed by atoms with Crippen LogP contribution in [0.2, 0.25) is 5.02 Å². The van der Waals surface area contributed by atoms with Crippen LogP contribution < -0.4 is 4.90 Å². The van der Waals surface area contributed by atoms with Crippen molar-refractivity contribution in [3.05, 3.63) is 29.3 Å². The summed E-state index contributed by atoms with van der Waals surface area (Å²) in [5.41, 5.74) is 1.15. The van der Waals surface area contributed by atoms with Crippen molar-refractivity contribution in [2.75, 3.05) is 18.0 Å². The first-order chi connectivity index (χ1) is 8.54. The molecule has 1 heterocycles. The van der Waals surface area contributed by atoms with Crippen LogP contribution in [0, 0.1) is 0 Å². The first-order valence-electron chi connectivity index (χ1n) is 6.36. The first kappa shape index (κ1) is 13.7. The smallest absolute Gasteiger partial charge is 0.155 e. The lowest BCUT2D eigenvalue weighted by atomic mass is 10.2. The zero-order valence-electron chi connectivity index (χ0n) is 11.1. The van der Waals surface area contributed by atoms with E-state index in [0.717, 1.165) is 23.8 Å². The fraction of sp³-hybridized carbons (Fsp3) is 0.571. The van der Waals surface area contributed by atoms with Crippen LogP contribution in [0.4, 0.5) is 5.69 Å². The van der Waals surface area contributed by atoms with Gasteiger partial charge in [-0.1, -0.05) is 11.6 Å². The van der Waals surface area contributed by atoms with Gasteiger partial charge in [0.05, 0.1) is 12.2 Å². The fourth-order valence-corrected chi connectivity index (χ4v) is 2.46. The molecule has 0 radical (unpaired) electrons. The van der Waals surface area contributed by atoms with Crippen LogP contribution in [0.1, 0.15) is 20.8 Å². The van der Waals surface area contributed by atoms with E-state index in [0.29, 0.717) is 0 Å². The van der Waals surface area contributed by atoms with E-state index in [1.807, 2.05) is 31.2 Å². The van der Waals surface area contributed by atoms with Crippen LogP contribution in [0.3, 0.4) is 0 Å². The van der Waals surface area contributed by atoms with Gasteiger partial charge in [0.15, 0.2) is 6.29 Å². The summed E-state index contributed by atoms with van der Waals surface area (Å²) in [6.07, 6.45) is 0.147. The lowest BCUT2D eigenvalue weighted by Gasteiger charge is -2.35. The predicted molar refractivity (Wildman–Crippen MR) is 74.2 cm³/mol. The molecule has 0 amide bonds. The molecule has 1 aliphatic rings. The number of anilines is 1. The van der Waals surface area contributed by atoms with Crippen molar-refractivity contribution in [1.29, 1.82) is 0 Å². The molecule has 2 rings (SSSR count). The monoisotopic (exact) mass is 269 g/mol. The molecule has 1 fully saturated rings. The second kappa shape index (κ2) is 5.91. The summed E-state index contributed by atoms with van der Waals surface area (Å²) in [6, 6.07) is 7.89. The highest BCUT2D eigenvalue weighted by atomic mass is 35.5. The Bertz CT molecular complexity index is 368. The summed E-state index contributed by atoms with van der Waals surface area (Å²) < 4.78 is 11.5. The zero-order chi connectivity index (χ0) is 13.1. The van der Waals surface area contributed by atoms with E-state index < -0.39 is 0 Å². The van der Waals surface area contributed by atoms with Gasteiger partial charge in [-0.25, -0.2) is 0 Å². The van der Waals surface area contributed by atoms with Crippen LogP contribution in [0.15, 0.2) is 24.3 Å². The molecule has 4 heteroatoms. The number of rotatable bonds is 1. The van der Waals surface area contributed by atoms with Crippen LogP contribution in [-0.4, -0.2) is 31.6 Å². The largest absolute Gasteiger partial charge is 0.366 e. The van der Waals surface area contributed by atoms with E-state index in [1.165, 1.54) is 0 Å². The van der Waals surface area contributed by atoms with Crippen molar-refractivity contribution in [1.82, 2.24) is 0 Å². The van der Waals surface area contributed by atoms with E-state index in [2.05, 4.69) is 18.7 Å². The summed E-state index contributed by atoms with van der Waals surface area (Å²) in [4.78, 5) is 2.28. The van der Waals surface area contributed by atoms with E-state index in [-0.39, 0.29) is 18.5 Å². The minimum absolute atomic E-state index is 0.137. The Morgan fingerprint density at radius 3 is 2.00 bits per heavy atom. The fourth-order valence-electron chi connectivity index (χ4n) is 2.33. The van der Waals surface area contributed by atoms with Crippen molar-refractivity contribution in [3.63, 3.8) is 0 Å². The molecule has 0 unspecified atom stereocenters. The van der Waals surface area contributed by atoms with Gasteiger partial charge in [-0.05, 0) is 45.0 Å². The minimum Gasteiger partial charge on any atom is -0.366 e. The number of hydrogen-bond donors (Lipinski definition) is 0. The lowest BCUT2D eigenvalue weighted by Crippen LogP contribution is -2.43. The van der Waals surface area contributed by atoms with Crippen molar-refractivity contribution in [2.45, 2.75) is 39.3 Å². The second-order valence-electron chi connectivity index (χ2n) is 4.84. The average Bonchev–Trinajstić information content (AvgIpc) is 2.26. The van der Waals surface area contributed by atoms with Gasteiger partial charge in [-0.3, -0.25) is 0 Å². The maximum absolute atomic E-state index is 5.92. The molecular formula is C14H20ClNO2. The molecule has 0 spiro atoms. The quantitative estimate of drug-likeness (QED) is 0.781. The molecule has 1 aromatic rings. The van der Waals surface area contributed by atoms with E-state index in [4.69, 9.17) is 21.1 Å². The van der Waals surface area contributed by atoms with Crippen molar-refractivity contribution in [3.8, 4) is 0 Å². The van der Waals surface area contributed by atoms with Crippen molar-refractivity contribution < 1.29 is 9.47 Å². The van der Waals surface area contributed by atoms with Gasteiger partial charge < -0.3 is 14.4 Å². The standard InChI is InChI=1S/C14H20ClNO2/c1-10-8-16(9-11(2)18-12(3)17-10)14-6-4-13(15)5-7-14/h4-7,10-12H,8-9H2,1-3H3/t10-,11-/m1/s1. The normalized spacial score (nSPS) is 26.8. The number of hydrogen-bond acceptors (Lipinski definition) is 3. The number of benzene rings is 1. The zero-order valence-corrected chi connectivity index (χ0v) is 11.9. The number of nitrogens with zero attached hydrogens (tertiary/aromatic N) is 1. The molecule has 0 aromatic heterocycles. The molecular weight excluding hydrogens is 250 g/mol. The minimum atomic E-state index is -0.137. The topological polar surface area (TPSA) is 21.7 Å². The summed E-state index contributed by atoms with van der Waals surface area (Å²) in [5.74, 6) is 0. The Hall–Kier alpha value is -0.770. The van der Waals surface area contributed by atoms with Gasteiger partial charge in [0.1, 0.15) is 0 Å². The highest BCUT2D eigenvalue weighted by Gasteiger charge is 2.22. The molecule has 2 atom stereocenters. The summed E-state index contributed by atoms with van der Waals surface area (Å²) in [7, 11) is 0. The predicted octanol–water partition coefficient (Wildman–Crippen LogP) is 3.32. The molecule has 1 saturated heterocycles. The Balaban J connectivity index is 2.12. The maximum atomic E-state index is 5.92. The Labute approximate surface area is 114 Å². The van der Waals surface area contributed by atoms with Crippen molar-refractivity contribution in [2.24, 2.45) is 0 Å². The summed E-state index contributed by atoms with van der Waals surface area (Å²) in [6.45, 7) is 7.81. The van der Waals surface area contributed by atoms with Gasteiger partial charge in [0.2, 0.25) is 0 Å². The molecule has 0 N–H and O–H groups in total. The number of halogens is 1. The second-order valence-corrected chi connectivity index (χ2v) is 5.28. The SMILES string of the molecule is CC1O[C@H](C)CN(c2ccc(Cl)cc2)C[C@@H](C)O1. The van der Waals surface area contributed by atoms with Gasteiger partial charge in [-0.15, -0.1) is 0 Å². The van der Waals surface area contributed by atoms with Gasteiger partial charge >= 0.3 is 0 Å². The van der Waals surface area contributed by atoms with Crippen LogP contribution in [0.25, 0.3) is 0 Å². The van der Waals surface area contributed by atoms with Gasteiger partial charge in [0, 0.05) is 23.8 Å². The van der Waals surface area contributed by atoms with Crippen LogP contribution in [-0.2, 0) is 9.47 Å². The highest BCUT2D eigenvalue weighted by Crippen LogP contribution is 2.21. The molecule has 1 aromatic carbocycles. The highest BCUT2D eigenvalue weighted by molar-refractivity contribution is 6.30. The molecule has 3 nitrogen and oxygen atoms in total. The Kier molecular flexibility index (Phi) is 4.49. The van der Waals surface area contributed by atoms with E-state index in [9.17, 15) is 0 Å². The van der Waals surface area contributed by atoms with Gasteiger partial charge in [-0.2, -0.15) is 0 Å². The third-order valence-corrected chi connectivity index (χ3v) is 3.25. The molecule has 1 aliphatic heterocycles. The first-order valence-corrected chi connectivity index (χ1v) is 6.74. The Morgan fingerprint density at radius 2 is 1.50 bits per heavy atom. The Morgan fingerprint density at radius 1 is 1.00 bits per heavy atom. The van der Waals surface area contributed by atoms with Gasteiger partial charge in [0.25, 0.3) is 0 Å².